The molecule has 6 heteroatoms. The molecule has 98 valence electrons. The molecule has 0 aliphatic carbocycles. The van der Waals surface area contributed by atoms with Gasteiger partial charge in [-0.1, -0.05) is 0 Å². The third-order valence-corrected chi connectivity index (χ3v) is 2.30. The Bertz CT molecular complexity index is 446. The second kappa shape index (κ2) is 6.48. The number of ether oxygens (including phenoxy) is 1. The first-order valence-electron chi connectivity index (χ1n) is 5.57. The first-order chi connectivity index (χ1) is 8.58. The lowest BCUT2D eigenvalue weighted by molar-refractivity contribution is -0.138. The zero-order chi connectivity index (χ0) is 13.5. The van der Waals surface area contributed by atoms with Crippen molar-refractivity contribution in [1.29, 1.82) is 0 Å². The Morgan fingerprint density at radius 2 is 2.11 bits per heavy atom. The number of nitrogens with two attached hydrogens (primary N) is 1. The maximum absolute atomic E-state index is 11.6. The first kappa shape index (κ1) is 13.8. The van der Waals surface area contributed by atoms with E-state index in [1.165, 1.54) is 7.11 Å². The number of hydrogen-bond donors (Lipinski definition) is 3. The average molecular weight is 251 g/mol. The summed E-state index contributed by atoms with van der Waals surface area (Å²) in [5.41, 5.74) is 7.23. The van der Waals surface area contributed by atoms with Crippen molar-refractivity contribution in [3.63, 3.8) is 0 Å². The van der Waals surface area contributed by atoms with Gasteiger partial charge in [0.25, 0.3) is 5.91 Å². The van der Waals surface area contributed by atoms with Crippen LogP contribution in [0.15, 0.2) is 18.2 Å². The zero-order valence-corrected chi connectivity index (χ0v) is 10.4. The number of nitrogen functional groups attached to an aromatic ring is 1. The van der Waals surface area contributed by atoms with Gasteiger partial charge < -0.3 is 21.1 Å². The SMILES string of the molecule is CCNC(=O)c1ccc(N)c(NCC(=O)OC)c1. The maximum Gasteiger partial charge on any atom is 0.325 e. The number of esters is 1. The normalized spacial score (nSPS) is 9.67. The molecule has 0 bridgehead atoms. The number of hydrogen-bond acceptors (Lipinski definition) is 5. The lowest BCUT2D eigenvalue weighted by atomic mass is 10.1. The number of methoxy groups -OCH3 is 1. The van der Waals surface area contributed by atoms with E-state index >= 15 is 0 Å². The van der Waals surface area contributed by atoms with Crippen LogP contribution in [0.2, 0.25) is 0 Å². The molecule has 0 spiro atoms. The van der Waals surface area contributed by atoms with E-state index in [4.69, 9.17) is 5.73 Å². The number of benzene rings is 1. The molecule has 4 N–H and O–H groups in total. The second-order valence-corrected chi connectivity index (χ2v) is 3.59. The average Bonchev–Trinajstić information content (AvgIpc) is 2.37. The number of anilines is 2. The summed E-state index contributed by atoms with van der Waals surface area (Å²) in [6.07, 6.45) is 0. The minimum atomic E-state index is -0.405. The van der Waals surface area contributed by atoms with Gasteiger partial charge in [0.05, 0.1) is 18.5 Å². The maximum atomic E-state index is 11.6. The van der Waals surface area contributed by atoms with Crippen LogP contribution in [0.1, 0.15) is 17.3 Å². The van der Waals surface area contributed by atoms with E-state index in [1.807, 2.05) is 6.92 Å². The quantitative estimate of drug-likeness (QED) is 0.526. The summed E-state index contributed by atoms with van der Waals surface area (Å²) in [6.45, 7) is 2.39. The number of carbonyl (C=O) groups excluding carboxylic acids is 2. The summed E-state index contributed by atoms with van der Waals surface area (Å²) in [5, 5.41) is 5.51. The van der Waals surface area contributed by atoms with Gasteiger partial charge in [-0.25, -0.2) is 0 Å². The Morgan fingerprint density at radius 1 is 1.39 bits per heavy atom. The minimum absolute atomic E-state index is 0.000446. The van der Waals surface area contributed by atoms with E-state index in [2.05, 4.69) is 15.4 Å². The Kier molecular flexibility index (Phi) is 4.98. The lowest BCUT2D eigenvalue weighted by Crippen LogP contribution is -2.23. The van der Waals surface area contributed by atoms with Gasteiger partial charge in [0.2, 0.25) is 0 Å². The molecule has 1 rings (SSSR count). The van der Waals surface area contributed by atoms with Gasteiger partial charge in [-0.05, 0) is 25.1 Å². The van der Waals surface area contributed by atoms with Crippen molar-refractivity contribution < 1.29 is 14.3 Å². The fraction of sp³-hybridized carbons (Fsp3) is 0.333. The van der Waals surface area contributed by atoms with Crippen LogP contribution in [0.5, 0.6) is 0 Å². The molecular weight excluding hydrogens is 234 g/mol. The highest BCUT2D eigenvalue weighted by Crippen LogP contribution is 2.19. The molecule has 0 unspecified atom stereocenters. The monoisotopic (exact) mass is 251 g/mol. The lowest BCUT2D eigenvalue weighted by Gasteiger charge is -2.10. The third kappa shape index (κ3) is 3.65. The van der Waals surface area contributed by atoms with E-state index < -0.39 is 5.97 Å². The Hall–Kier alpha value is -2.24. The molecule has 1 amide bonds. The highest BCUT2D eigenvalue weighted by molar-refractivity contribution is 5.96. The predicted octanol–water partition coefficient (Wildman–Crippen LogP) is 0.603. The van der Waals surface area contributed by atoms with Gasteiger partial charge in [-0.15, -0.1) is 0 Å². The number of rotatable bonds is 5. The summed E-state index contributed by atoms with van der Waals surface area (Å²) in [6, 6.07) is 4.84. The first-order valence-corrected chi connectivity index (χ1v) is 5.57. The van der Waals surface area contributed by atoms with Crippen molar-refractivity contribution in [3.8, 4) is 0 Å². The van der Waals surface area contributed by atoms with Gasteiger partial charge in [-0.2, -0.15) is 0 Å². The Morgan fingerprint density at radius 3 is 2.72 bits per heavy atom. The van der Waals surface area contributed by atoms with Gasteiger partial charge in [0.1, 0.15) is 6.54 Å². The van der Waals surface area contributed by atoms with Crippen molar-refractivity contribution >= 4 is 23.3 Å². The topological polar surface area (TPSA) is 93.5 Å². The summed E-state index contributed by atoms with van der Waals surface area (Å²) < 4.78 is 4.51. The molecule has 0 radical (unpaired) electrons. The smallest absolute Gasteiger partial charge is 0.325 e. The highest BCUT2D eigenvalue weighted by atomic mass is 16.5. The number of amides is 1. The van der Waals surface area contributed by atoms with Crippen LogP contribution >= 0.6 is 0 Å². The van der Waals surface area contributed by atoms with Gasteiger partial charge >= 0.3 is 5.97 Å². The molecule has 0 saturated heterocycles. The minimum Gasteiger partial charge on any atom is -0.468 e. The van der Waals surface area contributed by atoms with Crippen molar-refractivity contribution in [2.24, 2.45) is 0 Å². The molecule has 0 atom stereocenters. The molecule has 1 aromatic carbocycles. The summed E-state index contributed by atoms with van der Waals surface area (Å²) in [7, 11) is 1.30. The Labute approximate surface area is 105 Å². The van der Waals surface area contributed by atoms with Crippen LogP contribution in [0.25, 0.3) is 0 Å². The summed E-state index contributed by atoms with van der Waals surface area (Å²) in [4.78, 5) is 22.6. The van der Waals surface area contributed by atoms with Crippen LogP contribution in [0.3, 0.4) is 0 Å². The van der Waals surface area contributed by atoms with E-state index in [0.29, 0.717) is 23.5 Å². The predicted molar refractivity (Wildman–Crippen MR) is 69.4 cm³/mol. The van der Waals surface area contributed by atoms with Gasteiger partial charge in [-0.3, -0.25) is 9.59 Å². The molecule has 0 saturated carbocycles. The van der Waals surface area contributed by atoms with E-state index in [-0.39, 0.29) is 12.5 Å². The van der Waals surface area contributed by atoms with Crippen molar-refractivity contribution in [2.75, 3.05) is 31.2 Å². The van der Waals surface area contributed by atoms with Crippen LogP contribution < -0.4 is 16.4 Å². The molecule has 0 fully saturated rings. The zero-order valence-electron chi connectivity index (χ0n) is 10.4. The summed E-state index contributed by atoms with van der Waals surface area (Å²) in [5.74, 6) is -0.587. The van der Waals surface area contributed by atoms with Gasteiger partial charge in [0.15, 0.2) is 0 Å². The van der Waals surface area contributed by atoms with Crippen LogP contribution in [-0.2, 0) is 9.53 Å². The molecule has 0 aliphatic rings. The third-order valence-electron chi connectivity index (χ3n) is 2.30. The molecular formula is C12H17N3O3. The highest BCUT2D eigenvalue weighted by Gasteiger charge is 2.08. The molecule has 1 aromatic rings. The number of nitrogens with one attached hydrogen (secondary N) is 2. The van der Waals surface area contributed by atoms with Crippen LogP contribution in [0.4, 0.5) is 11.4 Å². The fourth-order valence-electron chi connectivity index (χ4n) is 1.35. The largest absolute Gasteiger partial charge is 0.468 e. The van der Waals surface area contributed by atoms with E-state index in [1.54, 1.807) is 18.2 Å². The summed E-state index contributed by atoms with van der Waals surface area (Å²) >= 11 is 0. The molecule has 18 heavy (non-hydrogen) atoms. The molecule has 0 heterocycles. The van der Waals surface area contributed by atoms with Crippen molar-refractivity contribution in [2.45, 2.75) is 6.92 Å². The number of carbonyl (C=O) groups is 2. The standard InChI is InChI=1S/C12H17N3O3/c1-3-14-12(17)8-4-5-9(13)10(6-8)15-7-11(16)18-2/h4-6,15H,3,7,13H2,1-2H3,(H,14,17). The van der Waals surface area contributed by atoms with E-state index in [0.717, 1.165) is 0 Å². The molecule has 0 aliphatic heterocycles. The van der Waals surface area contributed by atoms with E-state index in [9.17, 15) is 9.59 Å². The molecule has 0 aromatic heterocycles. The van der Waals surface area contributed by atoms with Crippen molar-refractivity contribution in [1.82, 2.24) is 5.32 Å². The second-order valence-electron chi connectivity index (χ2n) is 3.59. The molecule has 6 nitrogen and oxygen atoms in total. The van der Waals surface area contributed by atoms with Crippen molar-refractivity contribution in [3.05, 3.63) is 23.8 Å². The Balaban J connectivity index is 2.81. The van der Waals surface area contributed by atoms with Crippen LogP contribution in [0, 0.1) is 0 Å². The fourth-order valence-corrected chi connectivity index (χ4v) is 1.35. The van der Waals surface area contributed by atoms with Gasteiger partial charge in [0, 0.05) is 12.1 Å². The van der Waals surface area contributed by atoms with Crippen LogP contribution in [-0.4, -0.2) is 32.1 Å².